The van der Waals surface area contributed by atoms with Crippen LogP contribution < -0.4 is 0 Å². The summed E-state index contributed by atoms with van der Waals surface area (Å²) in [6, 6.07) is 0. The second kappa shape index (κ2) is 6.07. The first kappa shape index (κ1) is 19.9. The van der Waals surface area contributed by atoms with Crippen molar-refractivity contribution in [1.82, 2.24) is 0 Å². The average Bonchev–Trinajstić information content (AvgIpc) is 2.42. The van der Waals surface area contributed by atoms with Gasteiger partial charge in [0.05, 0.1) is 11.7 Å². The fourth-order valence-corrected chi connectivity index (χ4v) is 7.44. The summed E-state index contributed by atoms with van der Waals surface area (Å²) in [6.07, 6.45) is 5.68. The molecule has 3 saturated carbocycles. The number of esters is 1. The molecule has 7 atom stereocenters. The molecule has 0 aromatic heterocycles. The van der Waals surface area contributed by atoms with Gasteiger partial charge in [-0.3, -0.25) is 4.79 Å². The first-order chi connectivity index (χ1) is 11.9. The Morgan fingerprint density at radius 2 is 1.81 bits per heavy atom. The van der Waals surface area contributed by atoms with Gasteiger partial charge in [-0.1, -0.05) is 40.2 Å². The summed E-state index contributed by atoms with van der Waals surface area (Å²) >= 11 is 0. The van der Waals surface area contributed by atoms with E-state index >= 15 is 0 Å². The number of hydrogen-bond acceptors (Lipinski definition) is 4. The maximum atomic E-state index is 11.8. The Labute approximate surface area is 158 Å². The summed E-state index contributed by atoms with van der Waals surface area (Å²) in [5.41, 5.74) is -1.59. The van der Waals surface area contributed by atoms with Crippen LogP contribution in [0.1, 0.15) is 73.1 Å². The zero-order valence-electron chi connectivity index (χ0n) is 17.0. The predicted molar refractivity (Wildman–Crippen MR) is 101 cm³/mol. The molecule has 4 nitrogen and oxygen atoms in total. The predicted octanol–water partition coefficient (Wildman–Crippen LogP) is 3.85. The number of rotatable bonds is 2. The molecular weight excluding hydrogens is 328 g/mol. The van der Waals surface area contributed by atoms with Gasteiger partial charge in [-0.25, -0.2) is 0 Å². The van der Waals surface area contributed by atoms with Crippen LogP contribution in [0.25, 0.3) is 0 Å². The molecule has 0 bridgehead atoms. The maximum Gasteiger partial charge on any atom is 0.302 e. The Hall–Kier alpha value is -0.870. The van der Waals surface area contributed by atoms with E-state index in [9.17, 15) is 15.0 Å². The normalized spacial score (nSPS) is 50.3. The molecule has 0 aliphatic heterocycles. The van der Waals surface area contributed by atoms with Gasteiger partial charge in [0.2, 0.25) is 0 Å². The number of carbonyl (C=O) groups is 1. The van der Waals surface area contributed by atoms with E-state index in [1.54, 1.807) is 0 Å². The van der Waals surface area contributed by atoms with Crippen molar-refractivity contribution in [2.24, 2.45) is 28.1 Å². The highest BCUT2D eigenvalue weighted by Crippen LogP contribution is 2.66. The molecule has 7 unspecified atom stereocenters. The molecule has 0 saturated heterocycles. The van der Waals surface area contributed by atoms with E-state index in [1.807, 2.05) is 6.08 Å². The van der Waals surface area contributed by atoms with Gasteiger partial charge in [-0.05, 0) is 41.9 Å². The number of carbonyl (C=O) groups excluding carboxylic acids is 1. The molecule has 4 heteroatoms. The molecule has 3 aliphatic carbocycles. The van der Waals surface area contributed by atoms with Crippen LogP contribution in [-0.2, 0) is 9.53 Å². The van der Waals surface area contributed by atoms with E-state index in [0.29, 0.717) is 19.3 Å². The van der Waals surface area contributed by atoms with Gasteiger partial charge >= 0.3 is 5.97 Å². The third-order valence-corrected chi connectivity index (χ3v) is 7.89. The minimum Gasteiger partial charge on any atom is -0.462 e. The second-order valence-corrected chi connectivity index (χ2v) is 10.6. The van der Waals surface area contributed by atoms with Crippen LogP contribution in [0, 0.1) is 28.1 Å². The fourth-order valence-electron chi connectivity index (χ4n) is 7.44. The van der Waals surface area contributed by atoms with Crippen LogP contribution in [0.4, 0.5) is 0 Å². The summed E-state index contributed by atoms with van der Waals surface area (Å²) in [5.74, 6) is -0.344. The van der Waals surface area contributed by atoms with Gasteiger partial charge in [0.25, 0.3) is 0 Å². The molecule has 0 aromatic carbocycles. The molecule has 3 rings (SSSR count). The van der Waals surface area contributed by atoms with Crippen molar-refractivity contribution in [3.63, 3.8) is 0 Å². The van der Waals surface area contributed by atoms with E-state index < -0.39 is 11.7 Å². The Morgan fingerprint density at radius 1 is 1.15 bits per heavy atom. The fraction of sp³-hybridized carbons (Fsp3) is 0.864. The van der Waals surface area contributed by atoms with Crippen molar-refractivity contribution in [2.45, 2.75) is 91.0 Å². The summed E-state index contributed by atoms with van der Waals surface area (Å²) in [5, 5.41) is 22.9. The molecule has 26 heavy (non-hydrogen) atoms. The summed E-state index contributed by atoms with van der Waals surface area (Å²) in [7, 11) is 0. The quantitative estimate of drug-likeness (QED) is 0.577. The molecule has 0 radical (unpaired) electrons. The number of hydrogen-bond donors (Lipinski definition) is 2. The Kier molecular flexibility index (Phi) is 4.64. The molecule has 0 heterocycles. The lowest BCUT2D eigenvalue weighted by atomic mass is 9.40. The van der Waals surface area contributed by atoms with Gasteiger partial charge in [-0.15, -0.1) is 6.58 Å². The van der Waals surface area contributed by atoms with E-state index in [2.05, 4.69) is 34.3 Å². The minimum absolute atomic E-state index is 0.00730. The van der Waals surface area contributed by atoms with Crippen molar-refractivity contribution in [2.75, 3.05) is 0 Å². The number of aliphatic hydroxyl groups is 2. The smallest absolute Gasteiger partial charge is 0.302 e. The highest BCUT2D eigenvalue weighted by atomic mass is 16.5. The van der Waals surface area contributed by atoms with Crippen LogP contribution in [0.5, 0.6) is 0 Å². The van der Waals surface area contributed by atoms with E-state index in [4.69, 9.17) is 4.74 Å². The third kappa shape index (κ3) is 2.93. The van der Waals surface area contributed by atoms with E-state index in [1.165, 1.54) is 6.92 Å². The Balaban J connectivity index is 2.10. The van der Waals surface area contributed by atoms with Crippen molar-refractivity contribution in [3.05, 3.63) is 12.7 Å². The van der Waals surface area contributed by atoms with Gasteiger partial charge < -0.3 is 14.9 Å². The van der Waals surface area contributed by atoms with Crippen molar-refractivity contribution in [3.8, 4) is 0 Å². The second-order valence-electron chi connectivity index (χ2n) is 10.6. The van der Waals surface area contributed by atoms with Gasteiger partial charge in [0.1, 0.15) is 6.10 Å². The maximum absolute atomic E-state index is 11.8. The van der Waals surface area contributed by atoms with E-state index in [0.717, 1.165) is 19.3 Å². The summed E-state index contributed by atoms with van der Waals surface area (Å²) < 4.78 is 5.81. The lowest BCUT2D eigenvalue weighted by Crippen LogP contribution is -2.69. The number of fused-ring (bicyclic) bond motifs is 3. The van der Waals surface area contributed by atoms with Gasteiger partial charge in [0.15, 0.2) is 0 Å². The van der Waals surface area contributed by atoms with E-state index in [-0.39, 0.29) is 40.2 Å². The van der Waals surface area contributed by atoms with Crippen molar-refractivity contribution in [1.29, 1.82) is 0 Å². The van der Waals surface area contributed by atoms with Crippen molar-refractivity contribution >= 4 is 5.97 Å². The Bertz CT molecular complexity index is 599. The lowest BCUT2D eigenvalue weighted by Gasteiger charge is -2.67. The minimum atomic E-state index is -1.04. The van der Waals surface area contributed by atoms with Crippen LogP contribution in [0.3, 0.4) is 0 Å². The largest absolute Gasteiger partial charge is 0.462 e. The van der Waals surface area contributed by atoms with Crippen LogP contribution >= 0.6 is 0 Å². The SMILES string of the molecule is C=CC1(C)CC(O)C2C(O)(CC(OC(C)=O)C3C(C)(C)CCCC32C)C1. The molecule has 3 fully saturated rings. The number of ether oxygens (including phenoxy) is 1. The third-order valence-electron chi connectivity index (χ3n) is 7.89. The molecule has 0 aromatic rings. The Morgan fingerprint density at radius 3 is 2.38 bits per heavy atom. The average molecular weight is 365 g/mol. The number of allylic oxidation sites excluding steroid dienone is 1. The first-order valence-corrected chi connectivity index (χ1v) is 10.1. The highest BCUT2D eigenvalue weighted by molar-refractivity contribution is 5.66. The monoisotopic (exact) mass is 364 g/mol. The van der Waals surface area contributed by atoms with Crippen molar-refractivity contribution < 1.29 is 19.7 Å². The molecule has 0 amide bonds. The van der Waals surface area contributed by atoms with Gasteiger partial charge in [0, 0.05) is 25.2 Å². The van der Waals surface area contributed by atoms with Crippen LogP contribution in [0.2, 0.25) is 0 Å². The standard InChI is InChI=1S/C22H36O4/c1-7-20(5)11-15(24)17-21(6)10-8-9-19(3,4)18(21)16(26-14(2)23)12-22(17,25)13-20/h7,15-18,24-25H,1,8-13H2,2-6H3. The molecule has 2 N–H and O–H groups in total. The topological polar surface area (TPSA) is 66.8 Å². The molecule has 0 spiro atoms. The number of aliphatic hydroxyl groups excluding tert-OH is 1. The summed E-state index contributed by atoms with van der Waals surface area (Å²) in [4.78, 5) is 11.8. The lowest BCUT2D eigenvalue weighted by molar-refractivity contribution is -0.269. The molecule has 3 aliphatic rings. The molecular formula is C22H36O4. The zero-order chi connectivity index (χ0) is 19.5. The summed E-state index contributed by atoms with van der Waals surface area (Å²) in [6.45, 7) is 14.2. The highest BCUT2D eigenvalue weighted by Gasteiger charge is 2.67. The first-order valence-electron chi connectivity index (χ1n) is 10.1. The zero-order valence-corrected chi connectivity index (χ0v) is 17.0. The van der Waals surface area contributed by atoms with Crippen LogP contribution in [0.15, 0.2) is 12.7 Å². The van der Waals surface area contributed by atoms with Gasteiger partial charge in [-0.2, -0.15) is 0 Å². The van der Waals surface area contributed by atoms with Crippen LogP contribution in [-0.4, -0.2) is 34.0 Å². The molecule has 148 valence electrons.